The summed E-state index contributed by atoms with van der Waals surface area (Å²) >= 11 is 0. The summed E-state index contributed by atoms with van der Waals surface area (Å²) in [6.07, 6.45) is 1.20. The van der Waals surface area contributed by atoms with E-state index in [2.05, 4.69) is 0 Å². The van der Waals surface area contributed by atoms with Crippen molar-refractivity contribution >= 4 is 15.9 Å². The minimum atomic E-state index is -3.42. The number of methoxy groups -OCH3 is 1. The van der Waals surface area contributed by atoms with E-state index in [0.29, 0.717) is 31.7 Å². The Morgan fingerprint density at radius 1 is 1.12 bits per heavy atom. The molecule has 2 aliphatic rings. The molecule has 2 heterocycles. The van der Waals surface area contributed by atoms with Gasteiger partial charge in [0.1, 0.15) is 0 Å². The molecule has 1 amide bonds. The largest absolute Gasteiger partial charge is 0.353 e. The number of benzene rings is 1. The van der Waals surface area contributed by atoms with Crippen molar-refractivity contribution in [2.45, 2.75) is 5.72 Å². The van der Waals surface area contributed by atoms with Crippen molar-refractivity contribution in [1.29, 1.82) is 0 Å². The smallest absolute Gasteiger partial charge is 0.256 e. The Balaban J connectivity index is 2.15. The summed E-state index contributed by atoms with van der Waals surface area (Å²) in [4.78, 5) is 16.6. The third-order valence-electron chi connectivity index (χ3n) is 4.89. The zero-order chi connectivity index (χ0) is 17.5. The van der Waals surface area contributed by atoms with Crippen LogP contribution in [0.4, 0.5) is 0 Å². The van der Waals surface area contributed by atoms with E-state index in [1.807, 2.05) is 30.1 Å². The number of amides is 1. The number of fused-ring (bicyclic) bond motifs is 3. The lowest BCUT2D eigenvalue weighted by Crippen LogP contribution is -2.54. The zero-order valence-corrected chi connectivity index (χ0v) is 15.0. The van der Waals surface area contributed by atoms with Crippen molar-refractivity contribution in [3.63, 3.8) is 0 Å². The predicted molar refractivity (Wildman–Crippen MR) is 90.1 cm³/mol. The molecule has 1 unspecified atom stereocenters. The first-order valence-electron chi connectivity index (χ1n) is 7.90. The van der Waals surface area contributed by atoms with Crippen LogP contribution in [0.5, 0.6) is 0 Å². The Hall–Kier alpha value is -1.48. The van der Waals surface area contributed by atoms with E-state index in [1.54, 1.807) is 11.0 Å². The molecule has 24 heavy (non-hydrogen) atoms. The number of rotatable bonds is 2. The number of carbonyl (C=O) groups is 1. The van der Waals surface area contributed by atoms with Gasteiger partial charge in [-0.1, -0.05) is 18.2 Å². The first kappa shape index (κ1) is 17.3. The second kappa shape index (κ2) is 6.11. The number of likely N-dealkylation sites (N-methyl/N-ethyl adjacent to an activating group) is 1. The van der Waals surface area contributed by atoms with E-state index in [0.717, 1.165) is 5.56 Å². The molecule has 1 aromatic rings. The highest BCUT2D eigenvalue weighted by Crippen LogP contribution is 2.41. The fraction of sp³-hybridized carbons (Fsp3) is 0.562. The maximum atomic E-state index is 12.9. The van der Waals surface area contributed by atoms with E-state index in [-0.39, 0.29) is 12.5 Å². The molecule has 1 fully saturated rings. The molecule has 3 rings (SSSR count). The summed E-state index contributed by atoms with van der Waals surface area (Å²) in [6.45, 7) is 2.21. The Morgan fingerprint density at radius 2 is 1.79 bits per heavy atom. The summed E-state index contributed by atoms with van der Waals surface area (Å²) in [7, 11) is 0.0335. The molecule has 7 nitrogen and oxygen atoms in total. The van der Waals surface area contributed by atoms with Crippen LogP contribution in [0, 0.1) is 0 Å². The van der Waals surface area contributed by atoms with Gasteiger partial charge in [0.05, 0.1) is 12.8 Å². The van der Waals surface area contributed by atoms with Gasteiger partial charge in [-0.15, -0.1) is 0 Å². The molecule has 0 N–H and O–H groups in total. The van der Waals surface area contributed by atoms with E-state index in [4.69, 9.17) is 4.74 Å². The molecule has 1 aromatic carbocycles. The number of nitrogens with zero attached hydrogens (tertiary/aromatic N) is 3. The van der Waals surface area contributed by atoms with Gasteiger partial charge in [0.2, 0.25) is 10.0 Å². The highest BCUT2D eigenvalue weighted by Gasteiger charge is 2.52. The Bertz CT molecular complexity index is 751. The second-order valence-corrected chi connectivity index (χ2v) is 8.37. The van der Waals surface area contributed by atoms with Crippen molar-refractivity contribution in [1.82, 2.24) is 14.1 Å². The van der Waals surface area contributed by atoms with Gasteiger partial charge in [-0.25, -0.2) is 8.42 Å². The summed E-state index contributed by atoms with van der Waals surface area (Å²) in [6, 6.07) is 7.28. The maximum Gasteiger partial charge on any atom is 0.256 e. The quantitative estimate of drug-likeness (QED) is 0.757. The molecule has 0 aromatic heterocycles. The number of sulfonamides is 1. The van der Waals surface area contributed by atoms with Crippen LogP contribution in [0.1, 0.15) is 15.9 Å². The Morgan fingerprint density at radius 3 is 2.46 bits per heavy atom. The molecule has 132 valence electrons. The highest BCUT2D eigenvalue weighted by molar-refractivity contribution is 7.88. The van der Waals surface area contributed by atoms with Crippen LogP contribution >= 0.6 is 0 Å². The minimum absolute atomic E-state index is 0.0962. The van der Waals surface area contributed by atoms with Crippen molar-refractivity contribution < 1.29 is 17.9 Å². The molecule has 8 heteroatoms. The number of carbonyl (C=O) groups excluding carboxylic acids is 1. The van der Waals surface area contributed by atoms with Crippen molar-refractivity contribution in [3.05, 3.63) is 35.4 Å². The summed E-state index contributed by atoms with van der Waals surface area (Å²) < 4.78 is 31.8. The molecule has 0 aliphatic carbocycles. The molecule has 0 bridgehead atoms. The normalized spacial score (nSPS) is 26.5. The van der Waals surface area contributed by atoms with E-state index < -0.39 is 15.7 Å². The monoisotopic (exact) mass is 353 g/mol. The minimum Gasteiger partial charge on any atom is -0.353 e. The van der Waals surface area contributed by atoms with E-state index in [9.17, 15) is 13.2 Å². The summed E-state index contributed by atoms with van der Waals surface area (Å²) in [5, 5.41) is 0. The van der Waals surface area contributed by atoms with Crippen LogP contribution in [-0.2, 0) is 20.5 Å². The lowest BCUT2D eigenvalue weighted by Gasteiger charge is -2.39. The fourth-order valence-corrected chi connectivity index (χ4v) is 4.29. The van der Waals surface area contributed by atoms with E-state index in [1.165, 1.54) is 17.7 Å². The van der Waals surface area contributed by atoms with Crippen LogP contribution in [0.15, 0.2) is 24.3 Å². The third kappa shape index (κ3) is 2.73. The average Bonchev–Trinajstić information content (AvgIpc) is 2.81. The lowest BCUT2D eigenvalue weighted by atomic mass is 10.0. The zero-order valence-electron chi connectivity index (χ0n) is 14.2. The van der Waals surface area contributed by atoms with Gasteiger partial charge in [-0.3, -0.25) is 4.79 Å². The van der Waals surface area contributed by atoms with Crippen LogP contribution in [0.2, 0.25) is 0 Å². The average molecular weight is 353 g/mol. The second-order valence-electron chi connectivity index (χ2n) is 6.39. The van der Waals surface area contributed by atoms with Gasteiger partial charge in [-0.2, -0.15) is 4.31 Å². The standard InChI is InChI=1S/C16H23N3O4S/c1-17-8-10-18(24(3,21)22)12-16(23-2)14-7-5-4-6-13(14)15(20)19(16)11-9-17/h4-7H,8-12H2,1-3H3. The molecular weight excluding hydrogens is 330 g/mol. The summed E-state index contributed by atoms with van der Waals surface area (Å²) in [5.74, 6) is -0.115. The van der Waals surface area contributed by atoms with Gasteiger partial charge in [0, 0.05) is 44.4 Å². The first-order valence-corrected chi connectivity index (χ1v) is 9.75. The number of hydrogen-bond donors (Lipinski definition) is 0. The number of hydrogen-bond acceptors (Lipinski definition) is 5. The van der Waals surface area contributed by atoms with Gasteiger partial charge in [0.15, 0.2) is 5.72 Å². The molecule has 1 atom stereocenters. The van der Waals surface area contributed by atoms with E-state index >= 15 is 0 Å². The van der Waals surface area contributed by atoms with Crippen molar-refractivity contribution in [3.8, 4) is 0 Å². The van der Waals surface area contributed by atoms with Crippen LogP contribution in [-0.4, -0.2) is 81.6 Å². The van der Waals surface area contributed by atoms with Crippen LogP contribution < -0.4 is 0 Å². The topological polar surface area (TPSA) is 70.2 Å². The van der Waals surface area contributed by atoms with Gasteiger partial charge in [0.25, 0.3) is 5.91 Å². The maximum absolute atomic E-state index is 12.9. The van der Waals surface area contributed by atoms with Crippen LogP contribution in [0.25, 0.3) is 0 Å². The highest BCUT2D eigenvalue weighted by atomic mass is 32.2. The molecular formula is C16H23N3O4S. The summed E-state index contributed by atoms with van der Waals surface area (Å²) in [5.41, 5.74) is 0.230. The Labute approximate surface area is 142 Å². The molecule has 2 aliphatic heterocycles. The van der Waals surface area contributed by atoms with Gasteiger partial charge in [-0.05, 0) is 13.1 Å². The predicted octanol–water partition coefficient (Wildman–Crippen LogP) is 0.149. The van der Waals surface area contributed by atoms with Gasteiger partial charge < -0.3 is 14.5 Å². The molecule has 1 saturated heterocycles. The lowest BCUT2D eigenvalue weighted by molar-refractivity contribution is -0.120. The Kier molecular flexibility index (Phi) is 4.41. The number of ether oxygens (including phenoxy) is 1. The van der Waals surface area contributed by atoms with Gasteiger partial charge >= 0.3 is 0 Å². The first-order chi connectivity index (χ1) is 11.3. The van der Waals surface area contributed by atoms with Crippen molar-refractivity contribution in [2.75, 3.05) is 53.1 Å². The van der Waals surface area contributed by atoms with Crippen LogP contribution in [0.3, 0.4) is 0 Å². The molecule has 0 radical (unpaired) electrons. The van der Waals surface area contributed by atoms with Crippen molar-refractivity contribution in [2.24, 2.45) is 0 Å². The SMILES string of the molecule is COC12CN(S(C)(=O)=O)CCN(C)CCN1C(=O)c1ccccc12. The molecule has 0 spiro atoms. The molecule has 0 saturated carbocycles. The third-order valence-corrected chi connectivity index (χ3v) is 6.14. The fourth-order valence-electron chi connectivity index (χ4n) is 3.47.